The van der Waals surface area contributed by atoms with Crippen LogP contribution >= 0.6 is 4.52 Å². The number of hydrogen-bond acceptors (Lipinski definition) is 1. The minimum atomic E-state index is -1.46. The zero-order chi connectivity index (χ0) is 6.04. The van der Waals surface area contributed by atoms with Crippen LogP contribution in [0.4, 0.5) is 0 Å². The van der Waals surface area contributed by atoms with Crippen molar-refractivity contribution in [1.29, 1.82) is 0 Å². The normalized spacial score (nSPS) is 27.6. The van der Waals surface area contributed by atoms with Crippen molar-refractivity contribution >= 4 is 33.6 Å². The fraction of sp³-hybridized carbons (Fsp3) is 1.00. The Hall–Kier alpha value is 1.27. The molecule has 0 N–H and O–H groups in total. The fourth-order valence-electron chi connectivity index (χ4n) is 0.557. The Morgan fingerprint density at radius 1 is 1.38 bits per heavy atom. The van der Waals surface area contributed by atoms with E-state index in [4.69, 9.17) is 0 Å². The van der Waals surface area contributed by atoms with Gasteiger partial charge in [0.15, 0.2) is 0 Å². The van der Waals surface area contributed by atoms with E-state index in [1.165, 1.54) is 17.1 Å². The summed E-state index contributed by atoms with van der Waals surface area (Å²) in [6, 6.07) is 0. The first-order valence-corrected chi connectivity index (χ1v) is 11.6. The van der Waals surface area contributed by atoms with Gasteiger partial charge in [-0.1, -0.05) is 0 Å². The van der Waals surface area contributed by atoms with Crippen LogP contribution in [0.2, 0.25) is 10.6 Å². The maximum absolute atomic E-state index is 11.3. The first-order chi connectivity index (χ1) is 3.71. The summed E-state index contributed by atoms with van der Waals surface area (Å²) >= 11 is 1.07. The molecule has 0 aromatic rings. The van der Waals surface area contributed by atoms with Gasteiger partial charge in [0, 0.05) is 0 Å². The van der Waals surface area contributed by atoms with E-state index in [1.54, 1.807) is 0 Å². The van der Waals surface area contributed by atoms with E-state index in [9.17, 15) is 4.57 Å². The molecular formula is C4H9OPSe2. The van der Waals surface area contributed by atoms with Crippen LogP contribution in [0.5, 0.6) is 0 Å². The van der Waals surface area contributed by atoms with E-state index in [-0.39, 0.29) is 0 Å². The van der Waals surface area contributed by atoms with E-state index < -0.39 is 4.52 Å². The predicted octanol–water partition coefficient (Wildman–Crippen LogP) is 1.46. The molecule has 0 unspecified atom stereocenters. The molecule has 0 spiro atoms. The van der Waals surface area contributed by atoms with E-state index in [1.807, 2.05) is 6.66 Å². The Balaban J connectivity index is 2.45. The summed E-state index contributed by atoms with van der Waals surface area (Å²) in [5.74, 6) is 0. The van der Waals surface area contributed by atoms with Crippen molar-refractivity contribution in [3.8, 4) is 0 Å². The monoisotopic (exact) mass is 264 g/mol. The Bertz CT molecular complexity index is 115. The van der Waals surface area contributed by atoms with Gasteiger partial charge in [-0.3, -0.25) is 0 Å². The van der Waals surface area contributed by atoms with Crippen LogP contribution in [0.15, 0.2) is 0 Å². The summed E-state index contributed by atoms with van der Waals surface area (Å²) in [7, 11) is 0. The van der Waals surface area contributed by atoms with Crippen LogP contribution in [0.3, 0.4) is 0 Å². The maximum atomic E-state index is 11.3. The van der Waals surface area contributed by atoms with Crippen LogP contribution in [0, 0.1) is 0 Å². The average molecular weight is 262 g/mol. The van der Waals surface area contributed by atoms with Crippen molar-refractivity contribution in [2.24, 2.45) is 0 Å². The summed E-state index contributed by atoms with van der Waals surface area (Å²) in [6.45, 7) is 1.99. The molecule has 0 aromatic heterocycles. The third-order valence-electron chi connectivity index (χ3n) is 0.940. The van der Waals surface area contributed by atoms with Crippen LogP contribution in [0.25, 0.3) is 0 Å². The van der Waals surface area contributed by atoms with Crippen LogP contribution < -0.4 is 0 Å². The van der Waals surface area contributed by atoms with Crippen molar-refractivity contribution in [2.45, 2.75) is 17.1 Å². The third-order valence-corrected chi connectivity index (χ3v) is 18.6. The van der Waals surface area contributed by atoms with Gasteiger partial charge in [-0.25, -0.2) is 0 Å². The van der Waals surface area contributed by atoms with Crippen molar-refractivity contribution in [3.05, 3.63) is 0 Å². The average Bonchev–Trinajstić information content (AvgIpc) is 1.65. The molecule has 1 aliphatic heterocycles. The van der Waals surface area contributed by atoms with Gasteiger partial charge in [0.1, 0.15) is 0 Å². The van der Waals surface area contributed by atoms with Gasteiger partial charge in [0.2, 0.25) is 0 Å². The number of hydrogen-bond donors (Lipinski definition) is 0. The molecule has 48 valence electrons. The van der Waals surface area contributed by atoms with Crippen molar-refractivity contribution in [3.63, 3.8) is 0 Å². The molecule has 0 radical (unpaired) electrons. The van der Waals surface area contributed by atoms with Crippen LogP contribution in [-0.2, 0) is 4.57 Å². The van der Waals surface area contributed by atoms with E-state index in [0.717, 1.165) is 0 Å². The predicted molar refractivity (Wildman–Crippen MR) is 39.3 cm³/mol. The van der Waals surface area contributed by atoms with Gasteiger partial charge in [0.25, 0.3) is 0 Å². The standard InChI is InChI=1S/C4H9OPSe2/c1-6(5)7-3-2-4-8-6/h2-4H2,1H3. The summed E-state index contributed by atoms with van der Waals surface area (Å²) in [5.41, 5.74) is 0. The molecule has 0 aliphatic carbocycles. The van der Waals surface area contributed by atoms with Crippen LogP contribution in [0.1, 0.15) is 6.42 Å². The Morgan fingerprint density at radius 3 is 2.12 bits per heavy atom. The first kappa shape index (κ1) is 7.38. The zero-order valence-electron chi connectivity index (χ0n) is 4.79. The Labute approximate surface area is 61.9 Å². The summed E-state index contributed by atoms with van der Waals surface area (Å²) in [6.07, 6.45) is 1.36. The first-order valence-electron chi connectivity index (χ1n) is 2.57. The summed E-state index contributed by atoms with van der Waals surface area (Å²) in [5, 5.41) is 2.56. The van der Waals surface area contributed by atoms with E-state index in [0.29, 0.717) is 29.0 Å². The second kappa shape index (κ2) is 2.90. The Morgan fingerprint density at radius 2 is 1.88 bits per heavy atom. The molecule has 0 aromatic carbocycles. The van der Waals surface area contributed by atoms with Crippen molar-refractivity contribution in [2.75, 3.05) is 6.66 Å². The quantitative estimate of drug-likeness (QED) is 0.477. The van der Waals surface area contributed by atoms with Crippen LogP contribution in [-0.4, -0.2) is 35.7 Å². The van der Waals surface area contributed by atoms with Crippen molar-refractivity contribution < 1.29 is 4.57 Å². The van der Waals surface area contributed by atoms with Gasteiger partial charge >= 0.3 is 61.8 Å². The summed E-state index contributed by atoms with van der Waals surface area (Å²) in [4.78, 5) is 0. The molecule has 0 amide bonds. The zero-order valence-corrected chi connectivity index (χ0v) is 9.11. The van der Waals surface area contributed by atoms with E-state index >= 15 is 0 Å². The molecule has 0 bridgehead atoms. The van der Waals surface area contributed by atoms with Gasteiger partial charge in [-0.05, 0) is 0 Å². The molecule has 0 saturated carbocycles. The number of rotatable bonds is 0. The van der Waals surface area contributed by atoms with Gasteiger partial charge in [0.05, 0.1) is 0 Å². The SMILES string of the molecule is CP1(=O)[Se]CCC[Se]1. The molecular weight excluding hydrogens is 253 g/mol. The minimum absolute atomic E-state index is 0.533. The molecule has 0 atom stereocenters. The molecule has 1 heterocycles. The fourth-order valence-corrected chi connectivity index (χ4v) is 16.7. The molecule has 4 heteroatoms. The van der Waals surface area contributed by atoms with Crippen molar-refractivity contribution in [1.82, 2.24) is 0 Å². The molecule has 1 rings (SSSR count). The topological polar surface area (TPSA) is 17.1 Å². The second-order valence-corrected chi connectivity index (χ2v) is 21.1. The Kier molecular flexibility index (Phi) is 2.68. The molecule has 8 heavy (non-hydrogen) atoms. The van der Waals surface area contributed by atoms with Gasteiger partial charge < -0.3 is 0 Å². The molecule has 1 nitrogen and oxygen atoms in total. The molecule has 1 saturated heterocycles. The second-order valence-electron chi connectivity index (χ2n) is 1.79. The van der Waals surface area contributed by atoms with Gasteiger partial charge in [-0.2, -0.15) is 0 Å². The molecule has 1 aliphatic rings. The van der Waals surface area contributed by atoms with Gasteiger partial charge in [-0.15, -0.1) is 0 Å². The van der Waals surface area contributed by atoms with E-state index in [2.05, 4.69) is 0 Å². The molecule has 1 fully saturated rings. The third kappa shape index (κ3) is 2.25. The summed E-state index contributed by atoms with van der Waals surface area (Å²) < 4.78 is 9.83.